The van der Waals surface area contributed by atoms with Crippen LogP contribution in [0.15, 0.2) is 12.7 Å². The van der Waals surface area contributed by atoms with Gasteiger partial charge in [-0.3, -0.25) is 19.2 Å². The second-order valence-corrected chi connectivity index (χ2v) is 5.07. The summed E-state index contributed by atoms with van der Waals surface area (Å²) in [5.41, 5.74) is 5.32. The maximum absolute atomic E-state index is 12.3. The number of nitrogens with two attached hydrogens (primary N) is 1. The third-order valence-corrected chi connectivity index (χ3v) is 3.23. The molecule has 1 rings (SSSR count). The number of hydrogen-bond donors (Lipinski definition) is 1. The molecule has 3 amide bonds. The molecule has 112 valence electrons. The largest absolute Gasteiger partial charge is 0.368 e. The van der Waals surface area contributed by atoms with Gasteiger partial charge in [-0.25, -0.2) is 5.06 Å². The van der Waals surface area contributed by atoms with Crippen LogP contribution in [0.5, 0.6) is 0 Å². The van der Waals surface area contributed by atoms with E-state index < -0.39 is 24.0 Å². The molecule has 1 aliphatic rings. The van der Waals surface area contributed by atoms with Crippen LogP contribution in [0.3, 0.4) is 0 Å². The predicted molar refractivity (Wildman–Crippen MR) is 72.0 cm³/mol. The molecule has 0 aliphatic carbocycles. The second kappa shape index (κ2) is 6.51. The lowest BCUT2D eigenvalue weighted by Gasteiger charge is -2.30. The Morgan fingerprint density at radius 2 is 2.05 bits per heavy atom. The van der Waals surface area contributed by atoms with Gasteiger partial charge in [0.05, 0.1) is 6.54 Å². The summed E-state index contributed by atoms with van der Waals surface area (Å²) in [4.78, 5) is 41.7. The fourth-order valence-electron chi connectivity index (χ4n) is 2.26. The number of amides is 3. The molecule has 1 saturated heterocycles. The lowest BCUT2D eigenvalue weighted by atomic mass is 10.0. The van der Waals surface area contributed by atoms with Crippen molar-refractivity contribution in [2.24, 2.45) is 11.7 Å². The van der Waals surface area contributed by atoms with Gasteiger partial charge in [0.2, 0.25) is 5.91 Å². The Bertz CT molecular complexity index is 422. The molecule has 1 aliphatic heterocycles. The van der Waals surface area contributed by atoms with Crippen LogP contribution in [0, 0.1) is 5.92 Å². The Morgan fingerprint density at radius 1 is 1.45 bits per heavy atom. The first-order valence-electron chi connectivity index (χ1n) is 6.46. The van der Waals surface area contributed by atoms with E-state index in [1.165, 1.54) is 11.9 Å². The van der Waals surface area contributed by atoms with Crippen molar-refractivity contribution in [1.82, 2.24) is 9.96 Å². The minimum atomic E-state index is -0.774. The number of hydroxylamine groups is 2. The van der Waals surface area contributed by atoms with Crippen molar-refractivity contribution in [1.29, 1.82) is 0 Å². The van der Waals surface area contributed by atoms with Gasteiger partial charge in [-0.05, 0) is 12.0 Å². The zero-order valence-electron chi connectivity index (χ0n) is 12.0. The molecule has 1 fully saturated rings. The van der Waals surface area contributed by atoms with Gasteiger partial charge in [0.15, 0.2) is 6.10 Å². The summed E-state index contributed by atoms with van der Waals surface area (Å²) < 4.78 is 0. The van der Waals surface area contributed by atoms with E-state index in [1.54, 1.807) is 0 Å². The number of carbonyl (C=O) groups excluding carboxylic acids is 3. The second-order valence-electron chi connectivity index (χ2n) is 5.07. The molecular formula is C13H21N3O4. The summed E-state index contributed by atoms with van der Waals surface area (Å²) >= 11 is 0. The highest BCUT2D eigenvalue weighted by atomic mass is 16.7. The first-order valence-corrected chi connectivity index (χ1v) is 6.46. The van der Waals surface area contributed by atoms with Crippen LogP contribution in [0.4, 0.5) is 0 Å². The summed E-state index contributed by atoms with van der Waals surface area (Å²) in [5, 5.41) is 1.10. The van der Waals surface area contributed by atoms with E-state index in [2.05, 4.69) is 6.58 Å². The third-order valence-electron chi connectivity index (χ3n) is 3.23. The molecule has 0 saturated carbocycles. The van der Waals surface area contributed by atoms with E-state index in [0.29, 0.717) is 13.0 Å². The topological polar surface area (TPSA) is 92.9 Å². The Hall–Kier alpha value is -1.89. The molecule has 2 N–H and O–H groups in total. The van der Waals surface area contributed by atoms with Crippen LogP contribution in [-0.2, 0) is 19.2 Å². The van der Waals surface area contributed by atoms with Crippen LogP contribution in [0.2, 0.25) is 0 Å². The predicted octanol–water partition coefficient (Wildman–Crippen LogP) is -0.327. The number of nitrogens with zero attached hydrogens (tertiary/aromatic N) is 2. The fraction of sp³-hybridized carbons (Fsp3) is 0.615. The van der Waals surface area contributed by atoms with Gasteiger partial charge >= 0.3 is 0 Å². The highest BCUT2D eigenvalue weighted by molar-refractivity contribution is 5.90. The number of hydrogen-bond acceptors (Lipinski definition) is 4. The number of rotatable bonds is 5. The summed E-state index contributed by atoms with van der Waals surface area (Å²) in [6, 6.07) is -0.699. The van der Waals surface area contributed by atoms with E-state index in [9.17, 15) is 14.4 Å². The van der Waals surface area contributed by atoms with E-state index in [1.807, 2.05) is 13.8 Å². The highest BCUT2D eigenvalue weighted by Crippen LogP contribution is 2.18. The van der Waals surface area contributed by atoms with Gasteiger partial charge in [0.1, 0.15) is 6.04 Å². The summed E-state index contributed by atoms with van der Waals surface area (Å²) in [6.45, 7) is 7.29. The maximum Gasteiger partial charge on any atom is 0.269 e. The molecule has 0 bridgehead atoms. The van der Waals surface area contributed by atoms with Crippen LogP contribution >= 0.6 is 0 Å². The highest BCUT2D eigenvalue weighted by Gasteiger charge is 2.37. The molecule has 0 spiro atoms. The summed E-state index contributed by atoms with van der Waals surface area (Å²) in [6.07, 6.45) is 0.730. The van der Waals surface area contributed by atoms with Crippen molar-refractivity contribution in [2.75, 3.05) is 13.6 Å². The molecule has 2 atom stereocenters. The molecule has 7 heteroatoms. The zero-order chi connectivity index (χ0) is 15.4. The van der Waals surface area contributed by atoms with Crippen LogP contribution < -0.4 is 5.73 Å². The Labute approximate surface area is 118 Å². The number of primary amides is 1. The minimum absolute atomic E-state index is 0.103. The van der Waals surface area contributed by atoms with Crippen LogP contribution in [0.1, 0.15) is 20.3 Å². The van der Waals surface area contributed by atoms with Gasteiger partial charge in [-0.1, -0.05) is 20.4 Å². The van der Waals surface area contributed by atoms with Gasteiger partial charge in [0.25, 0.3) is 11.8 Å². The summed E-state index contributed by atoms with van der Waals surface area (Å²) in [5.74, 6) is -1.42. The van der Waals surface area contributed by atoms with Crippen molar-refractivity contribution >= 4 is 17.7 Å². The van der Waals surface area contributed by atoms with E-state index >= 15 is 0 Å². The molecular weight excluding hydrogens is 262 g/mol. The molecule has 20 heavy (non-hydrogen) atoms. The van der Waals surface area contributed by atoms with Gasteiger partial charge in [-0.2, -0.15) is 0 Å². The molecule has 7 nitrogen and oxygen atoms in total. The van der Waals surface area contributed by atoms with Crippen molar-refractivity contribution in [2.45, 2.75) is 32.4 Å². The van der Waals surface area contributed by atoms with Gasteiger partial charge in [0, 0.05) is 13.5 Å². The summed E-state index contributed by atoms with van der Waals surface area (Å²) in [7, 11) is 1.51. The zero-order valence-corrected chi connectivity index (χ0v) is 12.0. The molecule has 0 radical (unpaired) electrons. The lowest BCUT2D eigenvalue weighted by molar-refractivity contribution is -0.183. The standard InChI is InChI=1S/C13H21N3O4/c1-5-10(17)16-7-6-9(20-16)13(19)15(4)11(8(2)3)12(14)18/h5,8-9,11H,1,6-7H2,2-4H3,(H2,14,18)/t9-,11+/m1/s1. The van der Waals surface area contributed by atoms with E-state index in [4.69, 9.17) is 10.6 Å². The van der Waals surface area contributed by atoms with Crippen molar-refractivity contribution in [3.63, 3.8) is 0 Å². The Morgan fingerprint density at radius 3 is 2.50 bits per heavy atom. The average molecular weight is 283 g/mol. The molecule has 0 aromatic rings. The normalized spacial score (nSPS) is 19.8. The Kier molecular flexibility index (Phi) is 5.26. The fourth-order valence-corrected chi connectivity index (χ4v) is 2.26. The first-order chi connectivity index (χ1) is 9.29. The monoisotopic (exact) mass is 283 g/mol. The van der Waals surface area contributed by atoms with Gasteiger partial charge < -0.3 is 10.6 Å². The molecule has 0 aromatic carbocycles. The van der Waals surface area contributed by atoms with E-state index in [0.717, 1.165) is 11.1 Å². The maximum atomic E-state index is 12.3. The van der Waals surface area contributed by atoms with Crippen LogP contribution in [0.25, 0.3) is 0 Å². The van der Waals surface area contributed by atoms with Crippen molar-refractivity contribution in [3.05, 3.63) is 12.7 Å². The molecule has 0 unspecified atom stereocenters. The average Bonchev–Trinajstić information content (AvgIpc) is 2.85. The quantitative estimate of drug-likeness (QED) is 0.699. The van der Waals surface area contributed by atoms with Crippen molar-refractivity contribution in [3.8, 4) is 0 Å². The van der Waals surface area contributed by atoms with Gasteiger partial charge in [-0.15, -0.1) is 0 Å². The molecule has 0 aromatic heterocycles. The van der Waals surface area contributed by atoms with Crippen LogP contribution in [-0.4, -0.2) is 53.4 Å². The number of carbonyl (C=O) groups is 3. The smallest absolute Gasteiger partial charge is 0.269 e. The lowest BCUT2D eigenvalue weighted by Crippen LogP contribution is -2.51. The number of likely N-dealkylation sites (N-methyl/N-ethyl adjacent to an activating group) is 1. The Balaban J connectivity index is 2.73. The molecule has 1 heterocycles. The van der Waals surface area contributed by atoms with E-state index in [-0.39, 0.29) is 11.8 Å². The first kappa shape index (κ1) is 16.2. The third kappa shape index (κ3) is 3.36. The van der Waals surface area contributed by atoms with Crippen molar-refractivity contribution < 1.29 is 19.2 Å². The minimum Gasteiger partial charge on any atom is -0.368 e. The SMILES string of the molecule is C=CC(=O)N1CC[C@H](C(=O)N(C)[C@H](C(N)=O)C(C)C)O1.